The van der Waals surface area contributed by atoms with Crippen LogP contribution in [0.25, 0.3) is 0 Å². The van der Waals surface area contributed by atoms with Gasteiger partial charge in [-0.15, -0.1) is 0 Å². The molecule has 0 bridgehead atoms. The predicted molar refractivity (Wildman–Crippen MR) is 265 cm³/mol. The van der Waals surface area contributed by atoms with Gasteiger partial charge in [0.25, 0.3) is 0 Å². The minimum absolute atomic E-state index is 0.00494. The molecule has 0 aliphatic carbocycles. The van der Waals surface area contributed by atoms with E-state index in [0.29, 0.717) is 6.42 Å². The number of nitrogens with zero attached hydrogens (tertiary/aromatic N) is 3. The van der Waals surface area contributed by atoms with Gasteiger partial charge in [0.15, 0.2) is 11.6 Å². The van der Waals surface area contributed by atoms with Crippen molar-refractivity contribution in [2.24, 2.45) is 10.8 Å². The van der Waals surface area contributed by atoms with Crippen LogP contribution in [-0.2, 0) is 66.8 Å². The number of rotatable bonds is 23. The maximum atomic E-state index is 13.9. The standard InChI is InChI=1S/C39H70N4O12.C9H17NO2.C2H6/c1-35(2,3)28(44)22-40-29(45)21-27(34(50)55-39(13,14)15)43(19-17-41(23-30(46)51-16)24-31(47)52-36(4,5)6)20-18-42(25-32(48)53-37(7,8)9)26-33(49)54-38(10,11)12;1-5-8(12)10-6-7(11)9(2,3)4;1-2/h27H,17-26H2,1-16H3,(H,40,45);5-6H2,1-4H3,(H,10,12);1-2H3/t27-;;/m1../s1. The number of ketones is 2. The molecule has 69 heavy (non-hydrogen) atoms. The largest absolute Gasteiger partial charge is 0.468 e. The molecule has 0 aromatic heterocycles. The molecule has 0 aliphatic heterocycles. The number of esters is 5. The summed E-state index contributed by atoms with van der Waals surface area (Å²) in [6.45, 7) is 35.6. The van der Waals surface area contributed by atoms with E-state index in [4.69, 9.17) is 23.7 Å². The average Bonchev–Trinajstić information content (AvgIpc) is 3.15. The van der Waals surface area contributed by atoms with E-state index in [-0.39, 0.29) is 88.3 Å². The highest BCUT2D eigenvalue weighted by Gasteiger charge is 2.35. The molecule has 0 rings (SSSR count). The lowest BCUT2D eigenvalue weighted by Crippen LogP contribution is -2.53. The summed E-state index contributed by atoms with van der Waals surface area (Å²) < 4.78 is 27.2. The monoisotopic (exact) mass is 988 g/mol. The topological polar surface area (TPSA) is 234 Å². The summed E-state index contributed by atoms with van der Waals surface area (Å²) >= 11 is 0. The Morgan fingerprint density at radius 1 is 0.449 bits per heavy atom. The molecule has 402 valence electrons. The summed E-state index contributed by atoms with van der Waals surface area (Å²) in [6, 6.07) is -1.24. The van der Waals surface area contributed by atoms with Crippen molar-refractivity contribution in [1.82, 2.24) is 25.3 Å². The minimum atomic E-state index is -1.24. The first-order valence-electron chi connectivity index (χ1n) is 23.8. The molecule has 0 spiro atoms. The van der Waals surface area contributed by atoms with E-state index in [0.717, 1.165) is 0 Å². The van der Waals surface area contributed by atoms with E-state index in [1.165, 1.54) is 16.9 Å². The number of Topliss-reactive ketones (excluding diaryl/α,β-unsaturated/α-hetero) is 2. The summed E-state index contributed by atoms with van der Waals surface area (Å²) in [5.41, 5.74) is -4.43. The fourth-order valence-electron chi connectivity index (χ4n) is 5.30. The van der Waals surface area contributed by atoms with Crippen LogP contribution in [0.1, 0.15) is 158 Å². The van der Waals surface area contributed by atoms with Gasteiger partial charge in [-0.05, 0) is 83.1 Å². The first-order valence-corrected chi connectivity index (χ1v) is 23.8. The Bertz CT molecular complexity index is 1630. The summed E-state index contributed by atoms with van der Waals surface area (Å²) in [6.07, 6.45) is 0.00492. The number of nitrogens with one attached hydrogen (secondary N) is 2. The van der Waals surface area contributed by atoms with E-state index in [1.54, 1.807) is 116 Å². The Morgan fingerprint density at radius 2 is 0.754 bits per heavy atom. The molecule has 0 aromatic rings. The van der Waals surface area contributed by atoms with E-state index in [2.05, 4.69) is 10.6 Å². The van der Waals surface area contributed by atoms with Crippen LogP contribution in [-0.4, -0.2) is 169 Å². The van der Waals surface area contributed by atoms with Crippen LogP contribution >= 0.6 is 0 Å². The molecule has 2 N–H and O–H groups in total. The third-order valence-electron chi connectivity index (χ3n) is 8.69. The van der Waals surface area contributed by atoms with Gasteiger partial charge in [0.1, 0.15) is 28.4 Å². The lowest BCUT2D eigenvalue weighted by molar-refractivity contribution is -0.165. The van der Waals surface area contributed by atoms with Crippen molar-refractivity contribution < 1.29 is 66.8 Å². The van der Waals surface area contributed by atoms with Gasteiger partial charge in [-0.25, -0.2) is 0 Å². The van der Waals surface area contributed by atoms with Crippen LogP contribution in [0.15, 0.2) is 0 Å². The van der Waals surface area contributed by atoms with Gasteiger partial charge < -0.3 is 34.3 Å². The summed E-state index contributed by atoms with van der Waals surface area (Å²) in [4.78, 5) is 118. The molecule has 0 fully saturated rings. The van der Waals surface area contributed by atoms with Crippen LogP contribution < -0.4 is 10.6 Å². The van der Waals surface area contributed by atoms with Crippen molar-refractivity contribution in [3.05, 3.63) is 0 Å². The first kappa shape index (κ1) is 68.8. The van der Waals surface area contributed by atoms with Crippen molar-refractivity contribution >= 4 is 53.2 Å². The molecule has 0 unspecified atom stereocenters. The normalized spacial score (nSPS) is 12.6. The van der Waals surface area contributed by atoms with Crippen molar-refractivity contribution in [2.75, 3.05) is 72.6 Å². The molecule has 19 heteroatoms. The van der Waals surface area contributed by atoms with Gasteiger partial charge in [-0.1, -0.05) is 62.3 Å². The second-order valence-corrected chi connectivity index (χ2v) is 22.3. The highest BCUT2D eigenvalue weighted by atomic mass is 16.6. The van der Waals surface area contributed by atoms with Crippen LogP contribution in [0.2, 0.25) is 0 Å². The SMILES string of the molecule is CC.CCC(=O)NCC(=O)C(C)(C)C.COC(=O)CN(CCN(CCN(CC(=O)OC(C)(C)C)CC(=O)OC(C)(C)C)[C@H](CC(=O)NCC(=O)C(C)(C)C)C(=O)OC(C)(C)C)CC(=O)OC(C)(C)C. The number of methoxy groups -OCH3 is 1. The predicted octanol–water partition coefficient (Wildman–Crippen LogP) is 5.08. The lowest BCUT2D eigenvalue weighted by atomic mass is 9.91. The molecule has 0 heterocycles. The fourth-order valence-corrected chi connectivity index (χ4v) is 5.30. The van der Waals surface area contributed by atoms with Crippen molar-refractivity contribution in [2.45, 2.75) is 187 Å². The molecule has 0 aliphatic rings. The Balaban J connectivity index is -0.00000268. The van der Waals surface area contributed by atoms with Crippen LogP contribution in [0.5, 0.6) is 0 Å². The third kappa shape index (κ3) is 38.0. The van der Waals surface area contributed by atoms with Gasteiger partial charge >= 0.3 is 29.8 Å². The van der Waals surface area contributed by atoms with Crippen LogP contribution in [0, 0.1) is 10.8 Å². The van der Waals surface area contributed by atoms with Crippen molar-refractivity contribution in [3.8, 4) is 0 Å². The van der Waals surface area contributed by atoms with Crippen molar-refractivity contribution in [1.29, 1.82) is 0 Å². The van der Waals surface area contributed by atoms with Crippen LogP contribution in [0.4, 0.5) is 0 Å². The van der Waals surface area contributed by atoms with Gasteiger partial charge in [-0.2, -0.15) is 0 Å². The maximum absolute atomic E-state index is 13.9. The van der Waals surface area contributed by atoms with Gasteiger partial charge in [0.05, 0.1) is 52.8 Å². The molecular formula is C50H93N5O14. The zero-order valence-corrected chi connectivity index (χ0v) is 46.6. The number of ether oxygens (including phenoxy) is 5. The fraction of sp³-hybridized carbons (Fsp3) is 0.820. The number of hydrogen-bond acceptors (Lipinski definition) is 17. The van der Waals surface area contributed by atoms with Gasteiger partial charge in [-0.3, -0.25) is 57.9 Å². The maximum Gasteiger partial charge on any atom is 0.324 e. The molecule has 0 saturated heterocycles. The Kier molecular flexibility index (Phi) is 30.9. The first-order chi connectivity index (χ1) is 31.1. The third-order valence-corrected chi connectivity index (χ3v) is 8.69. The van der Waals surface area contributed by atoms with Crippen LogP contribution in [0.3, 0.4) is 0 Å². The number of amides is 2. The minimum Gasteiger partial charge on any atom is -0.468 e. The Labute approximate surface area is 414 Å². The highest BCUT2D eigenvalue weighted by Crippen LogP contribution is 2.18. The molecule has 0 radical (unpaired) electrons. The molecule has 19 nitrogen and oxygen atoms in total. The lowest BCUT2D eigenvalue weighted by Gasteiger charge is -2.35. The summed E-state index contributed by atoms with van der Waals surface area (Å²) in [7, 11) is 1.21. The number of hydrogen-bond donors (Lipinski definition) is 2. The zero-order valence-electron chi connectivity index (χ0n) is 46.6. The van der Waals surface area contributed by atoms with Crippen molar-refractivity contribution in [3.63, 3.8) is 0 Å². The van der Waals surface area contributed by atoms with Gasteiger partial charge in [0.2, 0.25) is 11.8 Å². The highest BCUT2D eigenvalue weighted by molar-refractivity contribution is 5.91. The molecule has 1 atom stereocenters. The van der Waals surface area contributed by atoms with Gasteiger partial charge in [0, 0.05) is 43.4 Å². The molecule has 0 saturated carbocycles. The second kappa shape index (κ2) is 31.0. The quantitative estimate of drug-likeness (QED) is 0.100. The average molecular weight is 988 g/mol. The van der Waals surface area contributed by atoms with E-state index >= 15 is 0 Å². The van der Waals surface area contributed by atoms with E-state index in [1.807, 2.05) is 34.6 Å². The Hall–Kier alpha value is -4.49. The second-order valence-electron chi connectivity index (χ2n) is 22.3. The summed E-state index contributed by atoms with van der Waals surface area (Å²) in [5, 5.41) is 5.16. The number of carbonyl (C=O) groups excluding carboxylic acids is 9. The molecule has 2 amide bonds. The van der Waals surface area contributed by atoms with E-state index < -0.39 is 76.0 Å². The van der Waals surface area contributed by atoms with E-state index in [9.17, 15) is 43.2 Å². The molecule has 0 aromatic carbocycles. The summed E-state index contributed by atoms with van der Waals surface area (Å²) in [5.74, 6) is -4.01. The molecular weight excluding hydrogens is 895 g/mol. The smallest absolute Gasteiger partial charge is 0.324 e. The Morgan fingerprint density at radius 3 is 1.03 bits per heavy atom. The zero-order chi connectivity index (χ0) is 54.9. The number of carbonyl (C=O) groups is 9.